The van der Waals surface area contributed by atoms with Crippen molar-refractivity contribution in [2.24, 2.45) is 0 Å². The predicted octanol–water partition coefficient (Wildman–Crippen LogP) is 1.96. The lowest BCUT2D eigenvalue weighted by Crippen LogP contribution is -2.38. The molecular formula is C12H18N2O2. The van der Waals surface area contributed by atoms with Gasteiger partial charge in [-0.15, -0.1) is 0 Å². The van der Waals surface area contributed by atoms with E-state index >= 15 is 0 Å². The van der Waals surface area contributed by atoms with Crippen LogP contribution in [0.3, 0.4) is 0 Å². The number of anilines is 2. The van der Waals surface area contributed by atoms with Gasteiger partial charge in [0.2, 0.25) is 0 Å². The highest BCUT2D eigenvalue weighted by Gasteiger charge is 2.21. The van der Waals surface area contributed by atoms with Crippen LogP contribution in [0.1, 0.15) is 19.8 Å². The molecule has 1 unspecified atom stereocenters. The molecule has 0 saturated heterocycles. The van der Waals surface area contributed by atoms with E-state index < -0.39 is 12.0 Å². The lowest BCUT2D eigenvalue weighted by molar-refractivity contribution is -0.138. The largest absolute Gasteiger partial charge is 0.480 e. The van der Waals surface area contributed by atoms with Crippen molar-refractivity contribution in [3.05, 3.63) is 24.3 Å². The van der Waals surface area contributed by atoms with Crippen molar-refractivity contribution in [2.75, 3.05) is 17.7 Å². The highest BCUT2D eigenvalue weighted by molar-refractivity contribution is 5.78. The number of carboxylic acid groups (broad SMARTS) is 1. The first-order valence-corrected chi connectivity index (χ1v) is 5.37. The molecule has 0 bridgehead atoms. The molecule has 1 aromatic rings. The quantitative estimate of drug-likeness (QED) is 0.747. The number of benzene rings is 1. The molecule has 4 heteroatoms. The van der Waals surface area contributed by atoms with Gasteiger partial charge in [0.25, 0.3) is 0 Å². The third-order valence-corrected chi connectivity index (χ3v) is 2.62. The summed E-state index contributed by atoms with van der Waals surface area (Å²) in [5, 5.41) is 9.12. The van der Waals surface area contributed by atoms with E-state index in [2.05, 4.69) is 0 Å². The van der Waals surface area contributed by atoms with E-state index in [1.165, 1.54) is 0 Å². The normalized spacial score (nSPS) is 12.1. The van der Waals surface area contributed by atoms with Crippen LogP contribution < -0.4 is 10.6 Å². The number of hydrogen-bond donors (Lipinski definition) is 2. The monoisotopic (exact) mass is 222 g/mol. The second-order valence-electron chi connectivity index (χ2n) is 3.85. The molecule has 4 nitrogen and oxygen atoms in total. The van der Waals surface area contributed by atoms with Crippen molar-refractivity contribution < 1.29 is 9.90 Å². The van der Waals surface area contributed by atoms with E-state index in [0.717, 1.165) is 12.1 Å². The van der Waals surface area contributed by atoms with E-state index in [4.69, 9.17) is 10.8 Å². The average molecular weight is 222 g/mol. The highest BCUT2D eigenvalue weighted by Crippen LogP contribution is 2.19. The zero-order chi connectivity index (χ0) is 12.1. The zero-order valence-electron chi connectivity index (χ0n) is 9.68. The molecule has 0 aliphatic rings. The summed E-state index contributed by atoms with van der Waals surface area (Å²) in [5.74, 6) is -0.791. The Bertz CT molecular complexity index is 349. The predicted molar refractivity (Wildman–Crippen MR) is 65.6 cm³/mol. The summed E-state index contributed by atoms with van der Waals surface area (Å²) in [5.41, 5.74) is 7.14. The summed E-state index contributed by atoms with van der Waals surface area (Å²) < 4.78 is 0. The third kappa shape index (κ3) is 2.89. The molecule has 0 amide bonds. The molecular weight excluding hydrogens is 204 g/mol. The minimum Gasteiger partial charge on any atom is -0.480 e. The smallest absolute Gasteiger partial charge is 0.326 e. The molecule has 3 N–H and O–H groups in total. The second kappa shape index (κ2) is 5.39. The van der Waals surface area contributed by atoms with Gasteiger partial charge in [-0.2, -0.15) is 0 Å². The van der Waals surface area contributed by atoms with E-state index in [-0.39, 0.29) is 0 Å². The van der Waals surface area contributed by atoms with Gasteiger partial charge < -0.3 is 15.7 Å². The Balaban J connectivity index is 2.85. The molecule has 0 aromatic heterocycles. The minimum atomic E-state index is -0.791. The Labute approximate surface area is 95.7 Å². The van der Waals surface area contributed by atoms with Gasteiger partial charge in [0.05, 0.1) is 0 Å². The fourth-order valence-electron chi connectivity index (χ4n) is 1.65. The van der Waals surface area contributed by atoms with Gasteiger partial charge in [0, 0.05) is 18.4 Å². The number of nitrogens with zero attached hydrogens (tertiary/aromatic N) is 1. The fraction of sp³-hybridized carbons (Fsp3) is 0.417. The van der Waals surface area contributed by atoms with Gasteiger partial charge >= 0.3 is 5.97 Å². The molecule has 0 aliphatic heterocycles. The Hall–Kier alpha value is -1.71. The van der Waals surface area contributed by atoms with E-state index in [9.17, 15) is 4.79 Å². The molecule has 16 heavy (non-hydrogen) atoms. The molecule has 0 spiro atoms. The Kier molecular flexibility index (Phi) is 4.17. The number of nitrogen functional groups attached to an aromatic ring is 1. The molecule has 0 heterocycles. The third-order valence-electron chi connectivity index (χ3n) is 2.62. The molecule has 1 aromatic carbocycles. The number of rotatable bonds is 5. The summed E-state index contributed by atoms with van der Waals surface area (Å²) in [7, 11) is 1.79. The second-order valence-corrected chi connectivity index (χ2v) is 3.85. The Morgan fingerprint density at radius 1 is 1.44 bits per heavy atom. The van der Waals surface area contributed by atoms with Gasteiger partial charge in [-0.05, 0) is 30.7 Å². The van der Waals surface area contributed by atoms with Crippen LogP contribution in [0.5, 0.6) is 0 Å². The van der Waals surface area contributed by atoms with Crippen LogP contribution in [0.25, 0.3) is 0 Å². The molecule has 1 atom stereocenters. The van der Waals surface area contributed by atoms with Crippen LogP contribution in [0.15, 0.2) is 24.3 Å². The van der Waals surface area contributed by atoms with E-state index in [1.807, 2.05) is 19.1 Å². The Morgan fingerprint density at radius 2 is 2.00 bits per heavy atom. The SMILES string of the molecule is CCCC(C(=O)O)N(C)c1ccc(N)cc1. The van der Waals surface area contributed by atoms with Gasteiger partial charge in [-0.1, -0.05) is 13.3 Å². The van der Waals surface area contributed by atoms with Crippen LogP contribution >= 0.6 is 0 Å². The molecule has 0 fully saturated rings. The first kappa shape index (κ1) is 12.4. The summed E-state index contributed by atoms with van der Waals surface area (Å²) in [6, 6.07) is 6.74. The number of aliphatic carboxylic acids is 1. The number of carbonyl (C=O) groups is 1. The number of nitrogens with two attached hydrogens (primary N) is 1. The number of carboxylic acids is 1. The van der Waals surface area contributed by atoms with Crippen molar-refractivity contribution in [3.8, 4) is 0 Å². The van der Waals surface area contributed by atoms with Gasteiger partial charge in [-0.3, -0.25) is 0 Å². The first-order chi connectivity index (χ1) is 7.56. The van der Waals surface area contributed by atoms with Crippen LogP contribution in [0.2, 0.25) is 0 Å². The maximum absolute atomic E-state index is 11.1. The van der Waals surface area contributed by atoms with Crippen LogP contribution in [0, 0.1) is 0 Å². The van der Waals surface area contributed by atoms with E-state index in [0.29, 0.717) is 12.1 Å². The van der Waals surface area contributed by atoms with Crippen molar-refractivity contribution >= 4 is 17.3 Å². The van der Waals surface area contributed by atoms with Gasteiger partial charge in [-0.25, -0.2) is 4.79 Å². The minimum absolute atomic E-state index is 0.478. The average Bonchev–Trinajstić information content (AvgIpc) is 2.25. The maximum Gasteiger partial charge on any atom is 0.326 e. The summed E-state index contributed by atoms with van der Waals surface area (Å²) in [4.78, 5) is 12.9. The molecule has 0 radical (unpaired) electrons. The van der Waals surface area contributed by atoms with Gasteiger partial charge in [0.1, 0.15) is 6.04 Å². The standard InChI is InChI=1S/C12H18N2O2/c1-3-4-11(12(15)16)14(2)10-7-5-9(13)6-8-10/h5-8,11H,3-4,13H2,1-2H3,(H,15,16). The molecule has 0 saturated carbocycles. The van der Waals surface area contributed by atoms with Crippen molar-refractivity contribution in [1.82, 2.24) is 0 Å². The highest BCUT2D eigenvalue weighted by atomic mass is 16.4. The maximum atomic E-state index is 11.1. The topological polar surface area (TPSA) is 66.6 Å². The summed E-state index contributed by atoms with van der Waals surface area (Å²) in [6.07, 6.45) is 1.48. The Morgan fingerprint density at radius 3 is 2.44 bits per heavy atom. The van der Waals surface area contributed by atoms with Crippen molar-refractivity contribution in [1.29, 1.82) is 0 Å². The molecule has 1 rings (SSSR count). The summed E-state index contributed by atoms with van der Waals surface area (Å²) in [6.45, 7) is 1.98. The zero-order valence-corrected chi connectivity index (χ0v) is 9.68. The van der Waals surface area contributed by atoms with E-state index in [1.54, 1.807) is 24.1 Å². The van der Waals surface area contributed by atoms with Crippen molar-refractivity contribution in [3.63, 3.8) is 0 Å². The van der Waals surface area contributed by atoms with Crippen LogP contribution in [-0.4, -0.2) is 24.2 Å². The number of hydrogen-bond acceptors (Lipinski definition) is 3. The van der Waals surface area contributed by atoms with Crippen molar-refractivity contribution in [2.45, 2.75) is 25.8 Å². The first-order valence-electron chi connectivity index (χ1n) is 5.37. The summed E-state index contributed by atoms with van der Waals surface area (Å²) >= 11 is 0. The van der Waals surface area contributed by atoms with Crippen LogP contribution in [-0.2, 0) is 4.79 Å². The number of likely N-dealkylation sites (N-methyl/N-ethyl adjacent to an activating group) is 1. The molecule has 88 valence electrons. The van der Waals surface area contributed by atoms with Gasteiger partial charge in [0.15, 0.2) is 0 Å². The lowest BCUT2D eigenvalue weighted by Gasteiger charge is -2.26. The molecule has 0 aliphatic carbocycles. The fourth-order valence-corrected chi connectivity index (χ4v) is 1.65. The lowest BCUT2D eigenvalue weighted by atomic mass is 10.1. The van der Waals surface area contributed by atoms with Crippen LogP contribution in [0.4, 0.5) is 11.4 Å².